The number of thiazole rings is 1. The van der Waals surface area contributed by atoms with Crippen molar-refractivity contribution in [2.45, 2.75) is 33.5 Å². The number of hydrogen-bond acceptors (Lipinski definition) is 5. The number of halogens is 1. The highest BCUT2D eigenvalue weighted by molar-refractivity contribution is 14.0. The Morgan fingerprint density at radius 3 is 2.46 bits per heavy atom. The fraction of sp³-hybridized carbons (Fsp3) is 0.500. The molecule has 2 N–H and O–H groups in total. The molecule has 1 aliphatic heterocycles. The van der Waals surface area contributed by atoms with Crippen molar-refractivity contribution in [2.75, 3.05) is 33.4 Å². The highest BCUT2D eigenvalue weighted by Crippen LogP contribution is 2.16. The molecule has 2 heterocycles. The predicted molar refractivity (Wildman–Crippen MR) is 127 cm³/mol. The van der Waals surface area contributed by atoms with E-state index in [-0.39, 0.29) is 24.0 Å². The largest absolute Gasteiger partial charge is 0.379 e. The molecule has 0 aliphatic carbocycles. The molecule has 6 nitrogen and oxygen atoms in total. The maximum atomic E-state index is 5.45. The molecule has 0 radical (unpaired) electrons. The van der Waals surface area contributed by atoms with Gasteiger partial charge in [0.2, 0.25) is 0 Å². The van der Waals surface area contributed by atoms with Gasteiger partial charge in [0.25, 0.3) is 0 Å². The molecule has 0 spiro atoms. The van der Waals surface area contributed by atoms with Crippen molar-refractivity contribution in [2.24, 2.45) is 4.99 Å². The van der Waals surface area contributed by atoms with Crippen LogP contribution in [0.3, 0.4) is 0 Å². The number of rotatable bonds is 6. The molecule has 0 bridgehead atoms. The Balaban J connectivity index is 0.00000280. The summed E-state index contributed by atoms with van der Waals surface area (Å²) >= 11 is 1.73. The maximum Gasteiger partial charge on any atom is 0.191 e. The van der Waals surface area contributed by atoms with Gasteiger partial charge in [-0.25, -0.2) is 4.98 Å². The van der Waals surface area contributed by atoms with E-state index in [2.05, 4.69) is 56.7 Å². The average Bonchev–Trinajstić information content (AvgIpc) is 3.01. The second-order valence-electron chi connectivity index (χ2n) is 6.68. The van der Waals surface area contributed by atoms with Crippen LogP contribution < -0.4 is 10.6 Å². The zero-order valence-electron chi connectivity index (χ0n) is 16.8. The Morgan fingerprint density at radius 1 is 1.14 bits per heavy atom. The lowest BCUT2D eigenvalue weighted by atomic mass is 10.1. The van der Waals surface area contributed by atoms with Crippen LogP contribution >= 0.6 is 35.3 Å². The summed E-state index contributed by atoms with van der Waals surface area (Å²) in [6.45, 7) is 10.2. The van der Waals surface area contributed by atoms with Crippen molar-refractivity contribution in [1.82, 2.24) is 20.5 Å². The minimum absolute atomic E-state index is 0. The van der Waals surface area contributed by atoms with Crippen LogP contribution in [0.25, 0.3) is 0 Å². The number of benzene rings is 1. The average molecular weight is 515 g/mol. The van der Waals surface area contributed by atoms with Gasteiger partial charge in [-0.3, -0.25) is 9.89 Å². The van der Waals surface area contributed by atoms with Crippen molar-refractivity contribution in [3.63, 3.8) is 0 Å². The highest BCUT2D eigenvalue weighted by Gasteiger charge is 2.13. The van der Waals surface area contributed by atoms with E-state index < -0.39 is 0 Å². The molecule has 3 rings (SSSR count). The van der Waals surface area contributed by atoms with Crippen molar-refractivity contribution in [3.05, 3.63) is 51.0 Å². The number of hydrogen-bond donors (Lipinski definition) is 2. The molecule has 28 heavy (non-hydrogen) atoms. The molecule has 1 aromatic carbocycles. The van der Waals surface area contributed by atoms with E-state index >= 15 is 0 Å². The van der Waals surface area contributed by atoms with Crippen molar-refractivity contribution < 1.29 is 4.74 Å². The number of nitrogens with zero attached hydrogens (tertiary/aromatic N) is 3. The van der Waals surface area contributed by atoms with Crippen molar-refractivity contribution in [3.8, 4) is 0 Å². The quantitative estimate of drug-likeness (QED) is 0.352. The van der Waals surface area contributed by atoms with E-state index in [4.69, 9.17) is 4.74 Å². The Kier molecular flexibility index (Phi) is 9.63. The fourth-order valence-electron chi connectivity index (χ4n) is 3.19. The third kappa shape index (κ3) is 6.68. The molecular formula is C20H30IN5OS. The maximum absolute atomic E-state index is 5.45. The van der Waals surface area contributed by atoms with Crippen LogP contribution in [-0.4, -0.2) is 49.2 Å². The van der Waals surface area contributed by atoms with Gasteiger partial charge in [0.05, 0.1) is 30.5 Å². The molecule has 1 aromatic heterocycles. The molecule has 0 atom stereocenters. The summed E-state index contributed by atoms with van der Waals surface area (Å²) < 4.78 is 5.45. The van der Waals surface area contributed by atoms with Gasteiger partial charge in [0, 0.05) is 38.1 Å². The van der Waals surface area contributed by atoms with E-state index in [9.17, 15) is 0 Å². The second-order valence-corrected chi connectivity index (χ2v) is 7.97. The van der Waals surface area contributed by atoms with E-state index in [0.717, 1.165) is 62.6 Å². The lowest BCUT2D eigenvalue weighted by Crippen LogP contribution is -2.37. The smallest absolute Gasteiger partial charge is 0.191 e. The number of aryl methyl sites for hydroxylation is 2. The summed E-state index contributed by atoms with van der Waals surface area (Å²) in [6.07, 6.45) is 0. The van der Waals surface area contributed by atoms with Crippen molar-refractivity contribution in [1.29, 1.82) is 0 Å². The summed E-state index contributed by atoms with van der Waals surface area (Å²) in [7, 11) is 1.81. The Hall–Kier alpha value is -1.23. The minimum atomic E-state index is 0. The van der Waals surface area contributed by atoms with Gasteiger partial charge in [-0.15, -0.1) is 35.3 Å². The van der Waals surface area contributed by atoms with Gasteiger partial charge in [0.1, 0.15) is 0 Å². The van der Waals surface area contributed by atoms with Crippen LogP contribution in [0.2, 0.25) is 0 Å². The molecule has 8 heteroatoms. The molecule has 0 saturated carbocycles. The number of aromatic nitrogens is 1. The Labute approximate surface area is 188 Å². The van der Waals surface area contributed by atoms with E-state index in [1.807, 2.05) is 6.92 Å². The minimum Gasteiger partial charge on any atom is -0.379 e. The van der Waals surface area contributed by atoms with Gasteiger partial charge in [-0.1, -0.05) is 24.3 Å². The zero-order chi connectivity index (χ0) is 19.1. The van der Waals surface area contributed by atoms with Gasteiger partial charge in [-0.2, -0.15) is 0 Å². The molecule has 0 amide bonds. The summed E-state index contributed by atoms with van der Waals surface area (Å²) in [5.74, 6) is 0.807. The van der Waals surface area contributed by atoms with Gasteiger partial charge in [-0.05, 0) is 25.0 Å². The summed E-state index contributed by atoms with van der Waals surface area (Å²) in [4.78, 5) is 12.5. The van der Waals surface area contributed by atoms with Crippen LogP contribution in [0, 0.1) is 13.8 Å². The topological polar surface area (TPSA) is 61.8 Å². The number of nitrogens with one attached hydrogen (secondary N) is 2. The third-order valence-corrected chi connectivity index (χ3v) is 5.77. The normalized spacial score (nSPS) is 15.2. The monoisotopic (exact) mass is 515 g/mol. The molecule has 0 unspecified atom stereocenters. The third-order valence-electron chi connectivity index (χ3n) is 4.70. The number of aliphatic imine (C=N–C) groups is 1. The van der Waals surface area contributed by atoms with Gasteiger partial charge >= 0.3 is 0 Å². The lowest BCUT2D eigenvalue weighted by Gasteiger charge is -2.27. The molecule has 154 valence electrons. The van der Waals surface area contributed by atoms with Gasteiger partial charge < -0.3 is 15.4 Å². The Bertz CT molecular complexity index is 774. The molecule has 1 saturated heterocycles. The van der Waals surface area contributed by atoms with E-state index in [0.29, 0.717) is 0 Å². The Morgan fingerprint density at radius 2 is 1.82 bits per heavy atom. The first kappa shape index (κ1) is 23.1. The van der Waals surface area contributed by atoms with Crippen molar-refractivity contribution >= 4 is 41.3 Å². The summed E-state index contributed by atoms with van der Waals surface area (Å²) in [5.41, 5.74) is 3.75. The van der Waals surface area contributed by atoms with Crippen LogP contribution in [0.4, 0.5) is 0 Å². The molecule has 1 aliphatic rings. The first-order chi connectivity index (χ1) is 13.2. The first-order valence-corrected chi connectivity index (χ1v) is 10.2. The fourth-order valence-corrected chi connectivity index (χ4v) is 4.06. The number of ether oxygens (including phenoxy) is 1. The zero-order valence-corrected chi connectivity index (χ0v) is 20.0. The van der Waals surface area contributed by atoms with Crippen LogP contribution in [0.15, 0.2) is 29.3 Å². The first-order valence-electron chi connectivity index (χ1n) is 9.40. The van der Waals surface area contributed by atoms with Crippen LogP contribution in [0.1, 0.15) is 26.7 Å². The summed E-state index contributed by atoms with van der Waals surface area (Å²) in [6, 6.07) is 8.61. The standard InChI is InChI=1S/C20H29N5OS.HI/c1-15-19(27-16(2)24-15)13-23-20(21-3)22-12-17-6-4-5-7-18(17)14-25-8-10-26-11-9-25;/h4-7H,8-14H2,1-3H3,(H2,21,22,23);1H. The van der Waals surface area contributed by atoms with Crippen LogP contribution in [-0.2, 0) is 24.4 Å². The SMILES string of the molecule is CN=C(NCc1ccccc1CN1CCOCC1)NCc1sc(C)nc1C.I. The van der Waals surface area contributed by atoms with Crippen LogP contribution in [0.5, 0.6) is 0 Å². The van der Waals surface area contributed by atoms with E-state index in [1.54, 1.807) is 18.4 Å². The summed E-state index contributed by atoms with van der Waals surface area (Å²) in [5, 5.41) is 7.93. The number of morpholine rings is 1. The molecular weight excluding hydrogens is 485 g/mol. The molecule has 1 fully saturated rings. The van der Waals surface area contributed by atoms with Gasteiger partial charge in [0.15, 0.2) is 5.96 Å². The van der Waals surface area contributed by atoms with E-state index in [1.165, 1.54) is 16.0 Å². The second kappa shape index (κ2) is 11.7. The number of guanidine groups is 1. The lowest BCUT2D eigenvalue weighted by molar-refractivity contribution is 0.0341. The predicted octanol–water partition coefficient (Wildman–Crippen LogP) is 3.08. The highest BCUT2D eigenvalue weighted by atomic mass is 127. The molecule has 2 aromatic rings.